The maximum atomic E-state index is 12.3. The molecule has 0 aliphatic heterocycles. The van der Waals surface area contributed by atoms with E-state index in [0.717, 1.165) is 41.4 Å². The Morgan fingerprint density at radius 2 is 1.95 bits per heavy atom. The van der Waals surface area contributed by atoms with Crippen LogP contribution in [-0.4, -0.2) is 11.4 Å². The van der Waals surface area contributed by atoms with Crippen LogP contribution in [0.4, 0.5) is 5.69 Å². The molecule has 106 valence electrons. The van der Waals surface area contributed by atoms with E-state index in [1.165, 1.54) is 6.42 Å². The predicted molar refractivity (Wildman–Crippen MR) is 84.8 cm³/mol. The van der Waals surface area contributed by atoms with E-state index in [9.17, 15) is 4.79 Å². The van der Waals surface area contributed by atoms with Gasteiger partial charge in [-0.25, -0.2) is 0 Å². The predicted octanol–water partition coefficient (Wildman–Crippen LogP) is 3.78. The van der Waals surface area contributed by atoms with Crippen LogP contribution in [0.2, 0.25) is 0 Å². The second kappa shape index (κ2) is 6.73. The summed E-state index contributed by atoms with van der Waals surface area (Å²) in [7, 11) is 0. The first kappa shape index (κ1) is 16.5. The van der Waals surface area contributed by atoms with Crippen molar-refractivity contribution in [2.45, 2.75) is 44.6 Å². The summed E-state index contributed by atoms with van der Waals surface area (Å²) in [5, 5.41) is 2.96. The third kappa shape index (κ3) is 3.94. The van der Waals surface area contributed by atoms with Crippen molar-refractivity contribution in [2.75, 3.05) is 5.32 Å². The van der Waals surface area contributed by atoms with Crippen LogP contribution in [0.1, 0.15) is 37.7 Å². The number of anilines is 1. The number of nitrogens with one attached hydrogen (secondary N) is 1. The number of carbonyl (C=O) groups is 1. The first-order chi connectivity index (χ1) is 8.51. The largest absolute Gasteiger partial charge is 0.324 e. The van der Waals surface area contributed by atoms with Crippen LogP contribution < -0.4 is 11.1 Å². The van der Waals surface area contributed by atoms with Crippen molar-refractivity contribution in [3.63, 3.8) is 0 Å². The van der Waals surface area contributed by atoms with E-state index in [0.29, 0.717) is 0 Å². The Hall–Kier alpha value is -0.580. The molecule has 0 unspecified atom stereocenters. The number of carbonyl (C=O) groups excluding carboxylic acids is 1. The fraction of sp³-hybridized carbons (Fsp3) is 0.500. The van der Waals surface area contributed by atoms with Crippen molar-refractivity contribution in [1.82, 2.24) is 0 Å². The van der Waals surface area contributed by atoms with E-state index in [2.05, 4.69) is 21.2 Å². The van der Waals surface area contributed by atoms with E-state index in [1.54, 1.807) is 0 Å². The van der Waals surface area contributed by atoms with Gasteiger partial charge in [0.1, 0.15) is 0 Å². The monoisotopic (exact) mass is 346 g/mol. The van der Waals surface area contributed by atoms with Crippen molar-refractivity contribution in [3.05, 3.63) is 28.2 Å². The van der Waals surface area contributed by atoms with Gasteiger partial charge in [-0.05, 0) is 43.5 Å². The van der Waals surface area contributed by atoms with Crippen molar-refractivity contribution in [3.8, 4) is 0 Å². The molecule has 3 nitrogen and oxygen atoms in total. The Bertz CT molecular complexity index is 459. The van der Waals surface area contributed by atoms with Crippen molar-refractivity contribution in [2.24, 2.45) is 5.73 Å². The molecular formula is C14H20BrClN2O. The Balaban J connectivity index is 0.00000180. The van der Waals surface area contributed by atoms with E-state index >= 15 is 0 Å². The maximum absolute atomic E-state index is 12.3. The minimum absolute atomic E-state index is 0. The molecule has 1 fully saturated rings. The van der Waals surface area contributed by atoms with Crippen LogP contribution in [0.3, 0.4) is 0 Å². The van der Waals surface area contributed by atoms with Crippen molar-refractivity contribution >= 4 is 39.9 Å². The number of halogens is 2. The molecular weight excluding hydrogens is 328 g/mol. The van der Waals surface area contributed by atoms with Gasteiger partial charge < -0.3 is 11.1 Å². The highest BCUT2D eigenvalue weighted by Crippen LogP contribution is 2.28. The smallest absolute Gasteiger partial charge is 0.244 e. The van der Waals surface area contributed by atoms with Crippen LogP contribution in [0.15, 0.2) is 22.7 Å². The van der Waals surface area contributed by atoms with Gasteiger partial charge >= 0.3 is 0 Å². The molecule has 3 N–H and O–H groups in total. The molecule has 1 aliphatic carbocycles. The maximum Gasteiger partial charge on any atom is 0.244 e. The van der Waals surface area contributed by atoms with Gasteiger partial charge in [-0.1, -0.05) is 35.2 Å². The van der Waals surface area contributed by atoms with Crippen LogP contribution in [0.25, 0.3) is 0 Å². The zero-order valence-electron chi connectivity index (χ0n) is 11.0. The molecule has 0 radical (unpaired) electrons. The van der Waals surface area contributed by atoms with E-state index in [4.69, 9.17) is 5.73 Å². The molecule has 0 spiro atoms. The summed E-state index contributed by atoms with van der Waals surface area (Å²) in [6.07, 6.45) is 4.85. The lowest BCUT2D eigenvalue weighted by Crippen LogP contribution is -2.52. The summed E-state index contributed by atoms with van der Waals surface area (Å²) in [6, 6.07) is 5.82. The van der Waals surface area contributed by atoms with Gasteiger partial charge in [0.25, 0.3) is 0 Å². The summed E-state index contributed by atoms with van der Waals surface area (Å²) >= 11 is 3.41. The van der Waals surface area contributed by atoms with Crippen molar-refractivity contribution in [1.29, 1.82) is 0 Å². The van der Waals surface area contributed by atoms with E-state index in [1.807, 2.05) is 25.1 Å². The molecule has 2 rings (SSSR count). The zero-order chi connectivity index (χ0) is 13.2. The molecule has 1 amide bonds. The van der Waals surface area contributed by atoms with Crippen LogP contribution in [-0.2, 0) is 4.79 Å². The van der Waals surface area contributed by atoms with Gasteiger partial charge in [-0.15, -0.1) is 12.4 Å². The van der Waals surface area contributed by atoms with Crippen molar-refractivity contribution < 1.29 is 4.79 Å². The second-order valence-corrected chi connectivity index (χ2v) is 6.05. The fourth-order valence-electron chi connectivity index (χ4n) is 2.42. The quantitative estimate of drug-likeness (QED) is 0.855. The average Bonchev–Trinajstić information content (AvgIpc) is 2.33. The Labute approximate surface area is 128 Å². The highest BCUT2D eigenvalue weighted by atomic mass is 79.9. The minimum Gasteiger partial charge on any atom is -0.324 e. The van der Waals surface area contributed by atoms with Gasteiger partial charge in [-0.2, -0.15) is 0 Å². The van der Waals surface area contributed by atoms with Crippen LogP contribution in [0.5, 0.6) is 0 Å². The lowest BCUT2D eigenvalue weighted by Gasteiger charge is -2.32. The second-order valence-electron chi connectivity index (χ2n) is 5.13. The lowest BCUT2D eigenvalue weighted by atomic mass is 9.82. The Kier molecular flexibility index (Phi) is 5.83. The number of aryl methyl sites for hydroxylation is 1. The zero-order valence-corrected chi connectivity index (χ0v) is 13.4. The third-order valence-electron chi connectivity index (χ3n) is 3.63. The Morgan fingerprint density at radius 3 is 2.53 bits per heavy atom. The highest BCUT2D eigenvalue weighted by molar-refractivity contribution is 9.10. The van der Waals surface area contributed by atoms with E-state index in [-0.39, 0.29) is 18.3 Å². The molecule has 0 bridgehead atoms. The summed E-state index contributed by atoms with van der Waals surface area (Å²) in [4.78, 5) is 12.3. The summed E-state index contributed by atoms with van der Waals surface area (Å²) < 4.78 is 1.01. The molecule has 5 heteroatoms. The van der Waals surface area contributed by atoms with Gasteiger partial charge in [0.05, 0.1) is 5.54 Å². The molecule has 0 heterocycles. The molecule has 1 aromatic carbocycles. The first-order valence-electron chi connectivity index (χ1n) is 6.38. The van der Waals surface area contributed by atoms with E-state index < -0.39 is 5.54 Å². The summed E-state index contributed by atoms with van der Waals surface area (Å²) in [5.41, 5.74) is 7.41. The number of amides is 1. The number of benzene rings is 1. The normalized spacial score (nSPS) is 17.4. The molecule has 0 saturated heterocycles. The molecule has 0 atom stereocenters. The highest BCUT2D eigenvalue weighted by Gasteiger charge is 2.35. The molecule has 1 saturated carbocycles. The lowest BCUT2D eigenvalue weighted by molar-refractivity contribution is -0.122. The number of hydrogen-bond acceptors (Lipinski definition) is 2. The van der Waals surface area contributed by atoms with Gasteiger partial charge in [-0.3, -0.25) is 4.79 Å². The third-order valence-corrected chi connectivity index (χ3v) is 4.13. The summed E-state index contributed by atoms with van der Waals surface area (Å²) in [5.74, 6) is -0.0485. The van der Waals surface area contributed by atoms with Crippen LogP contribution >= 0.6 is 28.3 Å². The summed E-state index contributed by atoms with van der Waals surface area (Å²) in [6.45, 7) is 1.98. The average molecular weight is 348 g/mol. The molecule has 0 aromatic heterocycles. The van der Waals surface area contributed by atoms with Gasteiger partial charge in [0, 0.05) is 10.2 Å². The van der Waals surface area contributed by atoms with Crippen LogP contribution in [0, 0.1) is 6.92 Å². The number of rotatable bonds is 2. The molecule has 19 heavy (non-hydrogen) atoms. The van der Waals surface area contributed by atoms with Gasteiger partial charge in [0.2, 0.25) is 5.91 Å². The first-order valence-corrected chi connectivity index (χ1v) is 7.17. The fourth-order valence-corrected chi connectivity index (χ4v) is 2.90. The number of hydrogen-bond donors (Lipinski definition) is 2. The standard InChI is InChI=1S/C14H19BrN2O.ClH/c1-10-9-11(15)5-6-12(10)17-13(18)14(16)7-3-2-4-8-14;/h5-6,9H,2-4,7-8,16H2,1H3,(H,17,18);1H. The molecule has 1 aromatic rings. The minimum atomic E-state index is -0.683. The topological polar surface area (TPSA) is 55.1 Å². The molecule has 1 aliphatic rings. The SMILES string of the molecule is Cc1cc(Br)ccc1NC(=O)C1(N)CCCCC1.Cl. The van der Waals surface area contributed by atoms with Gasteiger partial charge in [0.15, 0.2) is 0 Å². The Morgan fingerprint density at radius 1 is 1.32 bits per heavy atom. The number of nitrogens with two attached hydrogens (primary N) is 1.